The van der Waals surface area contributed by atoms with Crippen LogP contribution in [0.3, 0.4) is 0 Å². The summed E-state index contributed by atoms with van der Waals surface area (Å²) < 4.78 is 5.23. The zero-order chi connectivity index (χ0) is 19.3. The van der Waals surface area contributed by atoms with Gasteiger partial charge in [-0.15, -0.1) is 0 Å². The molecule has 0 bridgehead atoms. The number of ether oxygens (including phenoxy) is 1. The molecule has 0 unspecified atom stereocenters. The molecule has 3 aromatic carbocycles. The van der Waals surface area contributed by atoms with E-state index < -0.39 is 0 Å². The number of methoxy groups -OCH3 is 1. The summed E-state index contributed by atoms with van der Waals surface area (Å²) in [6, 6.07) is 26.9. The first kappa shape index (κ1) is 18.5. The molecule has 3 aromatic rings. The van der Waals surface area contributed by atoms with Crippen LogP contribution in [-0.4, -0.2) is 35.1 Å². The molecular weight excluding hydrogens is 348 g/mol. The fourth-order valence-corrected chi connectivity index (χ4v) is 3.99. The molecule has 1 fully saturated rings. The summed E-state index contributed by atoms with van der Waals surface area (Å²) in [5, 5.41) is 10.3. The molecule has 0 spiro atoms. The number of benzene rings is 3. The van der Waals surface area contributed by atoms with Crippen LogP contribution in [-0.2, 0) is 13.1 Å². The number of phenols is 1. The van der Waals surface area contributed by atoms with Crippen LogP contribution >= 0.6 is 0 Å². The maximum absolute atomic E-state index is 10.3. The highest BCUT2D eigenvalue weighted by Gasteiger charge is 2.33. The van der Waals surface area contributed by atoms with Gasteiger partial charge in [0.25, 0.3) is 0 Å². The highest BCUT2D eigenvalue weighted by molar-refractivity contribution is 5.43. The van der Waals surface area contributed by atoms with E-state index in [1.807, 2.05) is 24.3 Å². The first-order chi connectivity index (χ1) is 13.7. The average Bonchev–Trinajstić information content (AvgIpc) is 3.11. The summed E-state index contributed by atoms with van der Waals surface area (Å²) in [5.74, 6) is 0.692. The van der Waals surface area contributed by atoms with Gasteiger partial charge >= 0.3 is 0 Å². The quantitative estimate of drug-likeness (QED) is 0.693. The second-order valence-electron chi connectivity index (χ2n) is 7.22. The van der Waals surface area contributed by atoms with E-state index >= 15 is 0 Å². The Kier molecular flexibility index (Phi) is 5.60. The van der Waals surface area contributed by atoms with Crippen molar-refractivity contribution >= 4 is 0 Å². The molecule has 4 rings (SSSR count). The van der Waals surface area contributed by atoms with Crippen LogP contribution in [0.25, 0.3) is 0 Å². The Morgan fingerprint density at radius 2 is 1.36 bits per heavy atom. The first-order valence-electron chi connectivity index (χ1n) is 9.67. The minimum absolute atomic E-state index is 0.109. The van der Waals surface area contributed by atoms with Crippen molar-refractivity contribution in [3.63, 3.8) is 0 Å². The van der Waals surface area contributed by atoms with Gasteiger partial charge in [-0.05, 0) is 28.8 Å². The summed E-state index contributed by atoms with van der Waals surface area (Å²) in [5.41, 5.74) is 3.68. The van der Waals surface area contributed by atoms with Gasteiger partial charge in [-0.3, -0.25) is 9.80 Å². The number of phenolic OH excluding ortho intramolecular Hbond substituents is 1. The fraction of sp³-hybridized carbons (Fsp3) is 0.250. The van der Waals surface area contributed by atoms with Crippen molar-refractivity contribution in [2.24, 2.45) is 0 Å². The van der Waals surface area contributed by atoms with Gasteiger partial charge in [0.05, 0.1) is 13.3 Å². The van der Waals surface area contributed by atoms with Crippen LogP contribution in [0, 0.1) is 0 Å². The molecule has 0 saturated carbocycles. The minimum Gasteiger partial charge on any atom is -0.504 e. The van der Waals surface area contributed by atoms with E-state index in [1.54, 1.807) is 7.11 Å². The second kappa shape index (κ2) is 8.46. The molecular formula is C24H26N2O2. The summed E-state index contributed by atoms with van der Waals surface area (Å²) >= 11 is 0. The highest BCUT2D eigenvalue weighted by atomic mass is 16.5. The topological polar surface area (TPSA) is 35.9 Å². The zero-order valence-corrected chi connectivity index (χ0v) is 16.2. The molecule has 1 N–H and O–H groups in total. The Morgan fingerprint density at radius 3 is 1.82 bits per heavy atom. The standard InChI is InChI=1S/C24H26N2O2/c1-28-23-13-12-21(16-22(23)27)24-25(17-19-8-4-2-5-9-19)14-15-26(24)18-20-10-6-3-7-11-20/h2-13,16,24,27H,14-15,17-18H2,1H3. The normalized spacial score (nSPS) is 15.8. The second-order valence-corrected chi connectivity index (χ2v) is 7.22. The van der Waals surface area contributed by atoms with Gasteiger partial charge in [-0.25, -0.2) is 0 Å². The van der Waals surface area contributed by atoms with E-state index in [2.05, 4.69) is 64.4 Å². The highest BCUT2D eigenvalue weighted by Crippen LogP contribution is 2.36. The number of hydrogen-bond acceptors (Lipinski definition) is 4. The third kappa shape index (κ3) is 4.03. The molecule has 0 atom stereocenters. The molecule has 1 aliphatic rings. The van der Waals surface area contributed by atoms with Crippen molar-refractivity contribution in [2.75, 3.05) is 20.2 Å². The van der Waals surface area contributed by atoms with Crippen LogP contribution in [0.4, 0.5) is 0 Å². The summed E-state index contributed by atoms with van der Waals surface area (Å²) in [7, 11) is 1.58. The Bertz CT molecular complexity index is 849. The molecule has 0 aromatic heterocycles. The molecule has 0 radical (unpaired) electrons. The minimum atomic E-state index is 0.109. The fourth-order valence-electron chi connectivity index (χ4n) is 3.99. The third-order valence-corrected chi connectivity index (χ3v) is 5.32. The Labute approximate surface area is 166 Å². The molecule has 4 heteroatoms. The average molecular weight is 374 g/mol. The van der Waals surface area contributed by atoms with Gasteiger partial charge in [0.15, 0.2) is 11.5 Å². The van der Waals surface area contributed by atoms with Gasteiger partial charge < -0.3 is 9.84 Å². The molecule has 4 nitrogen and oxygen atoms in total. The van der Waals surface area contributed by atoms with Crippen molar-refractivity contribution < 1.29 is 9.84 Å². The lowest BCUT2D eigenvalue weighted by molar-refractivity contribution is 0.125. The van der Waals surface area contributed by atoms with Crippen LogP contribution in [0.2, 0.25) is 0 Å². The molecule has 1 saturated heterocycles. The summed E-state index contributed by atoms with van der Waals surface area (Å²) in [4.78, 5) is 4.94. The molecule has 28 heavy (non-hydrogen) atoms. The number of hydrogen-bond donors (Lipinski definition) is 1. The lowest BCUT2D eigenvalue weighted by Gasteiger charge is -2.31. The van der Waals surface area contributed by atoms with Gasteiger partial charge in [-0.2, -0.15) is 0 Å². The summed E-state index contributed by atoms with van der Waals surface area (Å²) in [6.45, 7) is 3.73. The number of rotatable bonds is 6. The molecule has 1 heterocycles. The SMILES string of the molecule is COc1ccc(C2N(Cc3ccccc3)CCN2Cc2ccccc2)cc1O. The Hall–Kier alpha value is -2.82. The lowest BCUT2D eigenvalue weighted by Crippen LogP contribution is -2.30. The predicted molar refractivity (Wildman–Crippen MR) is 111 cm³/mol. The van der Waals surface area contributed by atoms with Gasteiger partial charge in [0.2, 0.25) is 0 Å². The van der Waals surface area contributed by atoms with Crippen molar-refractivity contribution in [1.29, 1.82) is 0 Å². The van der Waals surface area contributed by atoms with E-state index in [1.165, 1.54) is 11.1 Å². The summed E-state index contributed by atoms with van der Waals surface area (Å²) in [6.07, 6.45) is 0.109. The van der Waals surface area contributed by atoms with E-state index in [0.717, 1.165) is 31.7 Å². The van der Waals surface area contributed by atoms with E-state index in [0.29, 0.717) is 5.75 Å². The monoisotopic (exact) mass is 374 g/mol. The van der Waals surface area contributed by atoms with Crippen LogP contribution in [0.15, 0.2) is 78.9 Å². The van der Waals surface area contributed by atoms with Crippen LogP contribution < -0.4 is 4.74 Å². The first-order valence-corrected chi connectivity index (χ1v) is 9.67. The molecule has 0 amide bonds. The van der Waals surface area contributed by atoms with Gasteiger partial charge in [0, 0.05) is 26.2 Å². The molecule has 144 valence electrons. The maximum atomic E-state index is 10.3. The third-order valence-electron chi connectivity index (χ3n) is 5.32. The number of nitrogens with zero attached hydrogens (tertiary/aromatic N) is 2. The van der Waals surface area contributed by atoms with Crippen molar-refractivity contribution in [2.45, 2.75) is 19.3 Å². The van der Waals surface area contributed by atoms with Crippen LogP contribution in [0.5, 0.6) is 11.5 Å². The van der Waals surface area contributed by atoms with E-state index in [-0.39, 0.29) is 11.9 Å². The number of aromatic hydroxyl groups is 1. The lowest BCUT2D eigenvalue weighted by atomic mass is 10.1. The Balaban J connectivity index is 1.63. The maximum Gasteiger partial charge on any atom is 0.160 e. The van der Waals surface area contributed by atoms with Crippen molar-refractivity contribution in [1.82, 2.24) is 9.80 Å². The van der Waals surface area contributed by atoms with Crippen molar-refractivity contribution in [3.8, 4) is 11.5 Å². The smallest absolute Gasteiger partial charge is 0.160 e. The predicted octanol–water partition coefficient (Wildman–Crippen LogP) is 4.42. The van der Waals surface area contributed by atoms with Crippen LogP contribution in [0.1, 0.15) is 22.9 Å². The molecule has 1 aliphatic heterocycles. The van der Waals surface area contributed by atoms with Gasteiger partial charge in [-0.1, -0.05) is 66.7 Å². The van der Waals surface area contributed by atoms with Crippen molar-refractivity contribution in [3.05, 3.63) is 95.6 Å². The van der Waals surface area contributed by atoms with E-state index in [9.17, 15) is 5.11 Å². The zero-order valence-electron chi connectivity index (χ0n) is 16.2. The molecule has 0 aliphatic carbocycles. The van der Waals surface area contributed by atoms with E-state index in [4.69, 9.17) is 4.74 Å². The van der Waals surface area contributed by atoms with Gasteiger partial charge in [0.1, 0.15) is 0 Å². The largest absolute Gasteiger partial charge is 0.504 e. The Morgan fingerprint density at radius 1 is 0.821 bits per heavy atom.